The van der Waals surface area contributed by atoms with Crippen molar-refractivity contribution >= 4 is 17.6 Å². The molecule has 1 aliphatic heterocycles. The molecule has 1 fully saturated rings. The van der Waals surface area contributed by atoms with E-state index < -0.39 is 0 Å². The third kappa shape index (κ3) is 8.34. The van der Waals surface area contributed by atoms with E-state index in [0.29, 0.717) is 5.15 Å². The molecule has 0 amide bonds. The lowest BCUT2D eigenvalue weighted by Gasteiger charge is -2.19. The Bertz CT molecular complexity index is 533. The fraction of sp³-hybridized carbons (Fsp3) is 0.684. The van der Waals surface area contributed by atoms with E-state index >= 15 is 0 Å². The smallest absolute Gasteiger partial charge is 0.191 e. The number of hydrogen-bond donors (Lipinski definition) is 2. The third-order valence-corrected chi connectivity index (χ3v) is 4.78. The van der Waals surface area contributed by atoms with Crippen molar-refractivity contribution in [1.82, 2.24) is 25.4 Å². The Morgan fingerprint density at radius 3 is 2.88 bits per heavy atom. The summed E-state index contributed by atoms with van der Waals surface area (Å²) in [5.41, 5.74) is 1.17. The maximum Gasteiger partial charge on any atom is 0.191 e. The van der Waals surface area contributed by atoms with Crippen LogP contribution in [0.4, 0.5) is 0 Å². The third-order valence-electron chi connectivity index (χ3n) is 4.55. The topological polar surface area (TPSA) is 55.8 Å². The van der Waals surface area contributed by atoms with E-state index in [1.54, 1.807) is 0 Å². The van der Waals surface area contributed by atoms with Crippen LogP contribution in [-0.2, 0) is 6.42 Å². The van der Waals surface area contributed by atoms with Gasteiger partial charge in [0, 0.05) is 38.9 Å². The van der Waals surface area contributed by atoms with Gasteiger partial charge in [0.1, 0.15) is 5.15 Å². The van der Waals surface area contributed by atoms with Gasteiger partial charge in [-0.05, 0) is 64.5 Å². The van der Waals surface area contributed by atoms with E-state index in [2.05, 4.69) is 39.4 Å². The van der Waals surface area contributed by atoms with Gasteiger partial charge < -0.3 is 20.4 Å². The molecular formula is C19H33ClN6. The summed E-state index contributed by atoms with van der Waals surface area (Å²) in [5, 5.41) is 7.24. The van der Waals surface area contributed by atoms with E-state index in [-0.39, 0.29) is 0 Å². The second-order valence-electron chi connectivity index (χ2n) is 6.78. The van der Waals surface area contributed by atoms with Crippen molar-refractivity contribution in [2.45, 2.75) is 26.2 Å². The van der Waals surface area contributed by atoms with Crippen LogP contribution >= 0.6 is 11.6 Å². The van der Waals surface area contributed by atoms with Crippen LogP contribution in [0, 0.1) is 0 Å². The molecule has 7 heteroatoms. The average molecular weight is 381 g/mol. The summed E-state index contributed by atoms with van der Waals surface area (Å²) >= 11 is 5.82. The van der Waals surface area contributed by atoms with Crippen LogP contribution in [0.15, 0.2) is 23.3 Å². The first-order valence-electron chi connectivity index (χ1n) is 9.71. The predicted octanol–water partition coefficient (Wildman–Crippen LogP) is 1.86. The number of rotatable bonds is 8. The molecular weight excluding hydrogens is 348 g/mol. The molecule has 0 atom stereocenters. The minimum atomic E-state index is 0.535. The van der Waals surface area contributed by atoms with Gasteiger partial charge in [-0.25, -0.2) is 4.98 Å². The van der Waals surface area contributed by atoms with Crippen molar-refractivity contribution in [3.8, 4) is 0 Å². The number of pyridine rings is 1. The molecule has 146 valence electrons. The largest absolute Gasteiger partial charge is 0.357 e. The van der Waals surface area contributed by atoms with Gasteiger partial charge in [-0.2, -0.15) is 0 Å². The Morgan fingerprint density at radius 1 is 1.23 bits per heavy atom. The van der Waals surface area contributed by atoms with Crippen LogP contribution in [0.3, 0.4) is 0 Å². The second kappa shape index (κ2) is 12.1. The number of halogens is 1. The fourth-order valence-corrected chi connectivity index (χ4v) is 3.14. The van der Waals surface area contributed by atoms with Gasteiger partial charge in [-0.15, -0.1) is 0 Å². The molecule has 0 bridgehead atoms. The zero-order chi connectivity index (χ0) is 18.6. The van der Waals surface area contributed by atoms with Crippen LogP contribution in [0.5, 0.6) is 0 Å². The first-order valence-corrected chi connectivity index (χ1v) is 10.1. The van der Waals surface area contributed by atoms with Crippen LogP contribution in [0.2, 0.25) is 5.15 Å². The van der Waals surface area contributed by atoms with Crippen LogP contribution in [-0.4, -0.2) is 80.1 Å². The molecule has 1 saturated heterocycles. The Balaban J connectivity index is 1.67. The molecule has 0 unspecified atom stereocenters. The van der Waals surface area contributed by atoms with E-state index in [9.17, 15) is 0 Å². The highest BCUT2D eigenvalue weighted by Crippen LogP contribution is 2.05. The van der Waals surface area contributed by atoms with Gasteiger partial charge in [0.05, 0.1) is 0 Å². The molecule has 2 N–H and O–H groups in total. The standard InChI is InChI=1S/C19H33ClN6/c1-3-21-19(23-10-8-17-6-7-18(20)24-16-17)22-9-4-12-26-13-5-11-25(2)14-15-26/h6-7,16H,3-5,8-15H2,1-2H3,(H2,21,22,23). The minimum Gasteiger partial charge on any atom is -0.357 e. The molecule has 0 spiro atoms. The summed E-state index contributed by atoms with van der Waals surface area (Å²) in [5.74, 6) is 0.894. The number of nitrogens with zero attached hydrogens (tertiary/aromatic N) is 4. The van der Waals surface area contributed by atoms with Crippen LogP contribution in [0.1, 0.15) is 25.3 Å². The summed E-state index contributed by atoms with van der Waals surface area (Å²) in [6.07, 6.45) is 5.09. The highest BCUT2D eigenvalue weighted by atomic mass is 35.5. The number of nitrogens with one attached hydrogen (secondary N) is 2. The molecule has 0 radical (unpaired) electrons. The lowest BCUT2D eigenvalue weighted by Crippen LogP contribution is -2.38. The molecule has 2 heterocycles. The molecule has 1 aromatic rings. The Labute approximate surface area is 163 Å². The molecule has 26 heavy (non-hydrogen) atoms. The van der Waals surface area contributed by atoms with Gasteiger partial charge in [0.2, 0.25) is 0 Å². The Morgan fingerprint density at radius 2 is 2.12 bits per heavy atom. The SMILES string of the molecule is CCNC(=NCCCN1CCCN(C)CC1)NCCc1ccc(Cl)nc1. The maximum absolute atomic E-state index is 5.82. The lowest BCUT2D eigenvalue weighted by molar-refractivity contribution is 0.275. The number of aliphatic imine (C=N–C) groups is 1. The van der Waals surface area contributed by atoms with E-state index in [1.165, 1.54) is 38.2 Å². The zero-order valence-electron chi connectivity index (χ0n) is 16.2. The molecule has 0 aromatic carbocycles. The van der Waals surface area contributed by atoms with Crippen molar-refractivity contribution in [3.63, 3.8) is 0 Å². The van der Waals surface area contributed by atoms with Gasteiger partial charge in [0.15, 0.2) is 5.96 Å². The molecule has 0 saturated carbocycles. The number of guanidine groups is 1. The lowest BCUT2D eigenvalue weighted by atomic mass is 10.2. The van der Waals surface area contributed by atoms with Gasteiger partial charge in [-0.3, -0.25) is 4.99 Å². The quantitative estimate of drug-likeness (QED) is 0.312. The average Bonchev–Trinajstić information content (AvgIpc) is 2.84. The molecule has 1 aliphatic rings. The minimum absolute atomic E-state index is 0.535. The fourth-order valence-electron chi connectivity index (χ4n) is 3.03. The molecule has 1 aromatic heterocycles. The zero-order valence-corrected chi connectivity index (χ0v) is 16.9. The molecule has 2 rings (SSSR count). The van der Waals surface area contributed by atoms with Crippen molar-refractivity contribution in [3.05, 3.63) is 29.0 Å². The highest BCUT2D eigenvalue weighted by Gasteiger charge is 2.11. The van der Waals surface area contributed by atoms with E-state index in [1.807, 2.05) is 18.3 Å². The Hall–Kier alpha value is -1.37. The van der Waals surface area contributed by atoms with Gasteiger partial charge in [0.25, 0.3) is 0 Å². The van der Waals surface area contributed by atoms with Gasteiger partial charge in [-0.1, -0.05) is 17.7 Å². The first-order chi connectivity index (χ1) is 12.7. The number of hydrogen-bond acceptors (Lipinski definition) is 4. The second-order valence-corrected chi connectivity index (χ2v) is 7.17. The molecule has 0 aliphatic carbocycles. The molecule has 6 nitrogen and oxygen atoms in total. The normalized spacial score (nSPS) is 17.1. The van der Waals surface area contributed by atoms with Crippen LogP contribution < -0.4 is 10.6 Å². The highest BCUT2D eigenvalue weighted by molar-refractivity contribution is 6.29. The van der Waals surface area contributed by atoms with Gasteiger partial charge >= 0.3 is 0 Å². The van der Waals surface area contributed by atoms with Crippen LogP contribution in [0.25, 0.3) is 0 Å². The summed E-state index contributed by atoms with van der Waals surface area (Å²) in [4.78, 5) is 13.8. The number of likely N-dealkylation sites (N-methyl/N-ethyl adjacent to an activating group) is 1. The maximum atomic E-state index is 5.82. The first kappa shape index (κ1) is 20.9. The van der Waals surface area contributed by atoms with E-state index in [0.717, 1.165) is 45.0 Å². The summed E-state index contributed by atoms with van der Waals surface area (Å²) in [7, 11) is 2.21. The van der Waals surface area contributed by atoms with Crippen molar-refractivity contribution < 1.29 is 0 Å². The summed E-state index contributed by atoms with van der Waals surface area (Å²) < 4.78 is 0. The van der Waals surface area contributed by atoms with Crippen molar-refractivity contribution in [2.24, 2.45) is 4.99 Å². The summed E-state index contributed by atoms with van der Waals surface area (Å²) in [6, 6.07) is 3.84. The Kier molecular flexibility index (Phi) is 9.74. The monoisotopic (exact) mass is 380 g/mol. The predicted molar refractivity (Wildman–Crippen MR) is 110 cm³/mol. The van der Waals surface area contributed by atoms with Crippen molar-refractivity contribution in [2.75, 3.05) is 59.4 Å². The van der Waals surface area contributed by atoms with E-state index in [4.69, 9.17) is 16.6 Å². The van der Waals surface area contributed by atoms with Crippen molar-refractivity contribution in [1.29, 1.82) is 0 Å². The summed E-state index contributed by atoms with van der Waals surface area (Å²) in [6.45, 7) is 10.5. The number of aromatic nitrogens is 1.